The van der Waals surface area contributed by atoms with E-state index in [1.807, 2.05) is 13.8 Å². The highest BCUT2D eigenvalue weighted by Crippen LogP contribution is 2.38. The van der Waals surface area contributed by atoms with Gasteiger partial charge in [0.25, 0.3) is 0 Å². The topological polar surface area (TPSA) is 38.7 Å². The minimum Gasteiger partial charge on any atom is -0.415 e. The zero-order valence-electron chi connectivity index (χ0n) is 22.9. The summed E-state index contributed by atoms with van der Waals surface area (Å²) in [5, 5.41) is 0.0296. The second-order valence-corrected chi connectivity index (χ2v) is 19.5. The summed E-state index contributed by atoms with van der Waals surface area (Å²) in [5.74, 6) is 0.317. The van der Waals surface area contributed by atoms with Crippen LogP contribution >= 0.6 is 0 Å². The van der Waals surface area contributed by atoms with Crippen molar-refractivity contribution in [1.29, 1.82) is 0 Å². The van der Waals surface area contributed by atoms with Gasteiger partial charge in [0.05, 0.1) is 33.7 Å². The van der Waals surface area contributed by atoms with E-state index in [1.165, 1.54) is 12.1 Å². The average Bonchev–Trinajstić information content (AvgIpc) is 2.68. The predicted molar refractivity (Wildman–Crippen MR) is 143 cm³/mol. The van der Waals surface area contributed by atoms with Crippen LogP contribution in [0.25, 0.3) is 0 Å². The Morgan fingerprint density at radius 2 is 1.69 bits per heavy atom. The molecule has 0 fully saturated rings. The maximum atomic E-state index is 14.5. The third-order valence-electron chi connectivity index (χ3n) is 7.34. The molecule has 3 nitrogen and oxygen atoms in total. The summed E-state index contributed by atoms with van der Waals surface area (Å²) >= 11 is 0. The summed E-state index contributed by atoms with van der Waals surface area (Å²) in [6.07, 6.45) is 0.646. The molecular weight excluding hydrogens is 487 g/mol. The Kier molecular flexibility index (Phi) is 9.20. The molecule has 0 aliphatic heterocycles. The van der Waals surface area contributed by atoms with Crippen molar-refractivity contribution in [3.8, 4) is 0 Å². The second-order valence-electron chi connectivity index (χ2n) is 12.4. The molecular formula is C27H44F3NO2SSi. The fourth-order valence-electron chi connectivity index (χ4n) is 3.94. The van der Waals surface area contributed by atoms with E-state index in [0.717, 1.165) is 37.0 Å². The van der Waals surface area contributed by atoms with E-state index in [0.29, 0.717) is 11.5 Å². The average molecular weight is 532 g/mol. The molecule has 2 atom stereocenters. The number of halogens is 3. The number of allylic oxidation sites excluding steroid dienone is 1. The molecule has 0 heterocycles. The van der Waals surface area contributed by atoms with Crippen molar-refractivity contribution in [2.45, 2.75) is 103 Å². The van der Waals surface area contributed by atoms with Crippen LogP contribution in [0, 0.1) is 11.3 Å². The van der Waals surface area contributed by atoms with Crippen LogP contribution in [0.3, 0.4) is 0 Å². The van der Waals surface area contributed by atoms with Gasteiger partial charge in [-0.1, -0.05) is 60.1 Å². The molecule has 2 rings (SSSR count). The van der Waals surface area contributed by atoms with Crippen LogP contribution in [-0.4, -0.2) is 30.9 Å². The SMILES string of the molecule is CC(C)[C@H](CO[Si](C)(C)C(C)(C)C)N=[S@@](=O)(CC1=CC(C)(C)CCC1)c1ccc(C(F)(F)F)cc1. The zero-order chi connectivity index (χ0) is 26.9. The third kappa shape index (κ3) is 8.19. The largest absolute Gasteiger partial charge is 0.416 e. The highest BCUT2D eigenvalue weighted by Gasteiger charge is 2.38. The molecule has 0 spiro atoms. The van der Waals surface area contributed by atoms with Gasteiger partial charge in [-0.25, -0.2) is 8.57 Å². The van der Waals surface area contributed by atoms with Gasteiger partial charge in [-0.3, -0.25) is 0 Å². The van der Waals surface area contributed by atoms with E-state index in [9.17, 15) is 17.4 Å². The number of benzene rings is 1. The van der Waals surface area contributed by atoms with Gasteiger partial charge in [0.1, 0.15) is 0 Å². The quantitative estimate of drug-likeness (QED) is 0.248. The van der Waals surface area contributed by atoms with Gasteiger partial charge in [-0.05, 0) is 73.0 Å². The van der Waals surface area contributed by atoms with Crippen LogP contribution in [-0.2, 0) is 20.3 Å². The number of hydrogen-bond acceptors (Lipinski definition) is 3. The minimum atomic E-state index is -4.44. The Labute approximate surface area is 212 Å². The molecule has 0 saturated carbocycles. The molecule has 1 aliphatic carbocycles. The smallest absolute Gasteiger partial charge is 0.415 e. The maximum Gasteiger partial charge on any atom is 0.416 e. The fourth-order valence-corrected chi connectivity index (χ4v) is 7.36. The van der Waals surface area contributed by atoms with Crippen molar-refractivity contribution in [2.24, 2.45) is 15.7 Å². The molecule has 0 aromatic heterocycles. The third-order valence-corrected chi connectivity index (χ3v) is 14.2. The molecule has 0 unspecified atom stereocenters. The van der Waals surface area contributed by atoms with E-state index in [-0.39, 0.29) is 28.2 Å². The van der Waals surface area contributed by atoms with Crippen LogP contribution in [0.1, 0.15) is 73.3 Å². The van der Waals surface area contributed by atoms with Crippen molar-refractivity contribution in [1.82, 2.24) is 0 Å². The molecule has 0 bridgehead atoms. The number of alkyl halides is 3. The first kappa shape index (κ1) is 30.1. The Hall–Kier alpha value is -1.12. The molecule has 1 aromatic rings. The Morgan fingerprint density at radius 1 is 1.11 bits per heavy atom. The van der Waals surface area contributed by atoms with Crippen LogP contribution in [0.2, 0.25) is 18.1 Å². The van der Waals surface area contributed by atoms with E-state index in [2.05, 4.69) is 53.8 Å². The van der Waals surface area contributed by atoms with Gasteiger partial charge in [0, 0.05) is 4.90 Å². The Bertz CT molecular complexity index is 1010. The number of nitrogens with zero attached hydrogens (tertiary/aromatic N) is 1. The molecule has 35 heavy (non-hydrogen) atoms. The first-order valence-electron chi connectivity index (χ1n) is 12.5. The zero-order valence-corrected chi connectivity index (χ0v) is 24.7. The summed E-state index contributed by atoms with van der Waals surface area (Å²) in [6, 6.07) is 4.39. The van der Waals surface area contributed by atoms with Crippen LogP contribution in [0.15, 0.2) is 45.2 Å². The van der Waals surface area contributed by atoms with Crippen molar-refractivity contribution in [2.75, 3.05) is 12.4 Å². The van der Waals surface area contributed by atoms with Crippen LogP contribution in [0.4, 0.5) is 13.2 Å². The Morgan fingerprint density at radius 3 is 2.14 bits per heavy atom. The normalized spacial score (nSPS) is 19.7. The van der Waals surface area contributed by atoms with Gasteiger partial charge in [0.2, 0.25) is 0 Å². The van der Waals surface area contributed by atoms with Crippen LogP contribution in [0.5, 0.6) is 0 Å². The molecule has 1 aliphatic rings. The lowest BCUT2D eigenvalue weighted by molar-refractivity contribution is -0.137. The van der Waals surface area contributed by atoms with Gasteiger partial charge < -0.3 is 4.43 Å². The summed E-state index contributed by atoms with van der Waals surface area (Å²) in [4.78, 5) is 0.354. The monoisotopic (exact) mass is 531 g/mol. The lowest BCUT2D eigenvalue weighted by Gasteiger charge is -2.37. The van der Waals surface area contributed by atoms with Gasteiger partial charge >= 0.3 is 6.18 Å². The predicted octanol–water partition coefficient (Wildman–Crippen LogP) is 8.72. The minimum absolute atomic E-state index is 0.0109. The van der Waals surface area contributed by atoms with Gasteiger partial charge in [-0.15, -0.1) is 0 Å². The molecule has 8 heteroatoms. The van der Waals surface area contributed by atoms with Gasteiger partial charge in [-0.2, -0.15) is 13.2 Å². The Balaban J connectivity index is 2.54. The standard InChI is InChI=1S/C27H44F3NO2SSi/c1-20(2)24(18-33-35(8,9)25(3,4)5)31-34(32,19-21-11-10-16-26(6,7)17-21)23-14-12-22(13-15-23)27(28,29)30/h12-15,17,20,24H,10-11,16,18-19H2,1-9H3/t24-,34+/m0/s1. The second kappa shape index (κ2) is 10.7. The van der Waals surface area contributed by atoms with Crippen molar-refractivity contribution in [3.63, 3.8) is 0 Å². The summed E-state index contributed by atoms with van der Waals surface area (Å²) < 4.78 is 65.4. The molecule has 0 amide bonds. The van der Waals surface area contributed by atoms with E-state index in [1.54, 1.807) is 0 Å². The lowest BCUT2D eigenvalue weighted by atomic mass is 9.80. The summed E-state index contributed by atoms with van der Waals surface area (Å²) in [7, 11) is -5.05. The number of hydrogen-bond donors (Lipinski definition) is 0. The first-order chi connectivity index (χ1) is 15.8. The molecule has 0 N–H and O–H groups in total. The summed E-state index contributed by atoms with van der Waals surface area (Å²) in [6.45, 7) is 19.6. The maximum absolute atomic E-state index is 14.5. The van der Waals surface area contributed by atoms with E-state index < -0.39 is 29.8 Å². The highest BCUT2D eigenvalue weighted by molar-refractivity contribution is 7.93. The molecule has 0 radical (unpaired) electrons. The summed E-state index contributed by atoms with van der Waals surface area (Å²) in [5.41, 5.74) is 0.335. The van der Waals surface area contributed by atoms with Crippen molar-refractivity contribution < 1.29 is 21.8 Å². The number of rotatable bonds is 8. The van der Waals surface area contributed by atoms with Crippen molar-refractivity contribution in [3.05, 3.63) is 41.5 Å². The molecule has 1 aromatic carbocycles. The first-order valence-corrected chi connectivity index (χ1v) is 17.1. The fraction of sp³-hybridized carbons (Fsp3) is 0.704. The van der Waals surface area contributed by atoms with E-state index in [4.69, 9.17) is 8.79 Å². The lowest BCUT2D eigenvalue weighted by Crippen LogP contribution is -2.43. The van der Waals surface area contributed by atoms with Crippen LogP contribution < -0.4 is 0 Å². The highest BCUT2D eigenvalue weighted by atomic mass is 32.2. The molecule has 0 saturated heterocycles. The van der Waals surface area contributed by atoms with E-state index >= 15 is 0 Å². The molecule has 200 valence electrons. The van der Waals surface area contributed by atoms with Gasteiger partial charge in [0.15, 0.2) is 8.32 Å². The van der Waals surface area contributed by atoms with Crippen molar-refractivity contribution >= 4 is 18.0 Å².